The van der Waals surface area contributed by atoms with E-state index in [2.05, 4.69) is 5.32 Å². The third-order valence-electron chi connectivity index (χ3n) is 2.98. The minimum Gasteiger partial charge on any atom is -0.388 e. The van der Waals surface area contributed by atoms with Crippen LogP contribution < -0.4 is 5.32 Å². The molecule has 1 fully saturated rings. The number of amides is 1. The van der Waals surface area contributed by atoms with Gasteiger partial charge in [-0.05, 0) is 26.2 Å². The molecule has 15 heavy (non-hydrogen) atoms. The molecule has 1 amide bonds. The predicted octanol–water partition coefficient (Wildman–Crippen LogP) is 1.76. The van der Waals surface area contributed by atoms with E-state index >= 15 is 0 Å². The van der Waals surface area contributed by atoms with Crippen LogP contribution in [0.3, 0.4) is 0 Å². The van der Waals surface area contributed by atoms with Crippen LogP contribution in [0.1, 0.15) is 46.0 Å². The van der Waals surface area contributed by atoms with Crippen LogP contribution in [0.4, 0.5) is 0 Å². The first-order chi connectivity index (χ1) is 7.07. The number of carbonyl (C=O) groups excluding carboxylic acids is 1. The van der Waals surface area contributed by atoms with E-state index in [4.69, 9.17) is 0 Å². The van der Waals surface area contributed by atoms with Crippen molar-refractivity contribution < 1.29 is 9.90 Å². The molecule has 0 spiro atoms. The number of hydrogen-bond acceptors (Lipinski definition) is 2. The Morgan fingerprint density at radius 1 is 1.47 bits per heavy atom. The van der Waals surface area contributed by atoms with Crippen molar-refractivity contribution in [3.05, 3.63) is 11.6 Å². The van der Waals surface area contributed by atoms with Crippen LogP contribution in [0, 0.1) is 0 Å². The summed E-state index contributed by atoms with van der Waals surface area (Å²) in [5.74, 6) is -0.0582. The van der Waals surface area contributed by atoms with Crippen LogP contribution in [-0.4, -0.2) is 23.2 Å². The summed E-state index contributed by atoms with van der Waals surface area (Å²) in [6.45, 7) is 4.19. The molecule has 1 rings (SSSR count). The Morgan fingerprint density at radius 3 is 2.60 bits per heavy atom. The molecule has 0 bridgehead atoms. The zero-order chi connectivity index (χ0) is 11.3. The lowest BCUT2D eigenvalue weighted by molar-refractivity contribution is -0.118. The van der Waals surface area contributed by atoms with Gasteiger partial charge in [0.2, 0.25) is 5.91 Å². The molecule has 1 saturated carbocycles. The molecule has 3 heteroatoms. The van der Waals surface area contributed by atoms with Crippen LogP contribution in [0.5, 0.6) is 0 Å². The molecule has 0 aromatic heterocycles. The average Bonchev–Trinajstić information content (AvgIpc) is 2.63. The predicted molar refractivity (Wildman–Crippen MR) is 60.5 cm³/mol. The van der Waals surface area contributed by atoms with Gasteiger partial charge in [0.25, 0.3) is 0 Å². The third kappa shape index (κ3) is 3.67. The highest BCUT2D eigenvalue weighted by molar-refractivity contribution is 5.92. The Kier molecular flexibility index (Phi) is 4.33. The first-order valence-corrected chi connectivity index (χ1v) is 5.75. The Hall–Kier alpha value is -0.830. The largest absolute Gasteiger partial charge is 0.388 e. The molecule has 0 heterocycles. The van der Waals surface area contributed by atoms with Gasteiger partial charge in [-0.2, -0.15) is 0 Å². The van der Waals surface area contributed by atoms with Crippen molar-refractivity contribution in [1.82, 2.24) is 5.32 Å². The second-order valence-corrected chi connectivity index (χ2v) is 4.41. The van der Waals surface area contributed by atoms with E-state index in [9.17, 15) is 9.90 Å². The molecular formula is C12H21NO2. The van der Waals surface area contributed by atoms with E-state index < -0.39 is 5.60 Å². The summed E-state index contributed by atoms with van der Waals surface area (Å²) in [5.41, 5.74) is 0.0846. The highest BCUT2D eigenvalue weighted by Gasteiger charge is 2.31. The lowest BCUT2D eigenvalue weighted by Crippen LogP contribution is -2.41. The standard InChI is InChI=1S/C12H21NO2/c1-3-6-10(2)11(14)13-9-12(15)7-4-5-8-12/h6,15H,3-5,7-9H2,1-2H3,(H,13,14). The SMILES string of the molecule is CCC=C(C)C(=O)NCC1(O)CCCC1. The maximum absolute atomic E-state index is 11.5. The Bertz CT molecular complexity index is 252. The molecule has 1 aliphatic rings. The van der Waals surface area contributed by atoms with Crippen LogP contribution >= 0.6 is 0 Å². The lowest BCUT2D eigenvalue weighted by atomic mass is 10.0. The summed E-state index contributed by atoms with van der Waals surface area (Å²) < 4.78 is 0. The number of aliphatic hydroxyl groups is 1. The Morgan fingerprint density at radius 2 is 2.07 bits per heavy atom. The third-order valence-corrected chi connectivity index (χ3v) is 2.98. The maximum Gasteiger partial charge on any atom is 0.246 e. The van der Waals surface area contributed by atoms with Crippen molar-refractivity contribution in [1.29, 1.82) is 0 Å². The maximum atomic E-state index is 11.5. The van der Waals surface area contributed by atoms with Crippen molar-refractivity contribution in [2.45, 2.75) is 51.6 Å². The quantitative estimate of drug-likeness (QED) is 0.696. The van der Waals surface area contributed by atoms with Crippen LogP contribution in [-0.2, 0) is 4.79 Å². The monoisotopic (exact) mass is 211 g/mol. The van der Waals surface area contributed by atoms with Gasteiger partial charge in [-0.25, -0.2) is 0 Å². The highest BCUT2D eigenvalue weighted by atomic mass is 16.3. The van der Waals surface area contributed by atoms with Gasteiger partial charge in [-0.3, -0.25) is 4.79 Å². The zero-order valence-corrected chi connectivity index (χ0v) is 9.68. The van der Waals surface area contributed by atoms with Gasteiger partial charge in [0.05, 0.1) is 5.60 Å². The van der Waals surface area contributed by atoms with E-state index in [0.29, 0.717) is 6.54 Å². The average molecular weight is 211 g/mol. The molecule has 3 nitrogen and oxygen atoms in total. The van der Waals surface area contributed by atoms with Gasteiger partial charge in [0.1, 0.15) is 0 Å². The summed E-state index contributed by atoms with van der Waals surface area (Å²) in [7, 11) is 0. The molecule has 86 valence electrons. The topological polar surface area (TPSA) is 49.3 Å². The number of carbonyl (C=O) groups is 1. The molecule has 0 unspecified atom stereocenters. The van der Waals surface area contributed by atoms with Gasteiger partial charge >= 0.3 is 0 Å². The fourth-order valence-corrected chi connectivity index (χ4v) is 1.99. The summed E-state index contributed by atoms with van der Waals surface area (Å²) in [6, 6.07) is 0. The van der Waals surface area contributed by atoms with Crippen molar-refractivity contribution in [3.8, 4) is 0 Å². The van der Waals surface area contributed by atoms with Crippen molar-refractivity contribution >= 4 is 5.91 Å². The number of rotatable bonds is 4. The molecule has 2 N–H and O–H groups in total. The van der Waals surface area contributed by atoms with Crippen molar-refractivity contribution in [2.75, 3.05) is 6.54 Å². The first-order valence-electron chi connectivity index (χ1n) is 5.75. The molecule has 0 saturated heterocycles. The minimum atomic E-state index is -0.651. The van der Waals surface area contributed by atoms with E-state index in [0.717, 1.165) is 37.7 Å². The zero-order valence-electron chi connectivity index (χ0n) is 9.68. The van der Waals surface area contributed by atoms with Crippen LogP contribution in [0.15, 0.2) is 11.6 Å². The Balaban J connectivity index is 2.36. The number of nitrogens with one attached hydrogen (secondary N) is 1. The van der Waals surface area contributed by atoms with E-state index in [1.165, 1.54) is 0 Å². The molecule has 0 atom stereocenters. The lowest BCUT2D eigenvalue weighted by Gasteiger charge is -2.22. The van der Waals surface area contributed by atoms with E-state index in [-0.39, 0.29) is 5.91 Å². The molecule has 1 aliphatic carbocycles. The fourth-order valence-electron chi connectivity index (χ4n) is 1.99. The normalized spacial score (nSPS) is 20.3. The fraction of sp³-hybridized carbons (Fsp3) is 0.750. The summed E-state index contributed by atoms with van der Waals surface area (Å²) >= 11 is 0. The van der Waals surface area contributed by atoms with Gasteiger partial charge in [-0.15, -0.1) is 0 Å². The first kappa shape index (κ1) is 12.2. The van der Waals surface area contributed by atoms with Gasteiger partial charge < -0.3 is 10.4 Å². The van der Waals surface area contributed by atoms with Gasteiger partial charge in [-0.1, -0.05) is 25.8 Å². The highest BCUT2D eigenvalue weighted by Crippen LogP contribution is 2.28. The molecule has 0 radical (unpaired) electrons. The van der Waals surface area contributed by atoms with Crippen LogP contribution in [0.2, 0.25) is 0 Å². The smallest absolute Gasteiger partial charge is 0.246 e. The van der Waals surface area contributed by atoms with Gasteiger partial charge in [0.15, 0.2) is 0 Å². The van der Waals surface area contributed by atoms with Crippen molar-refractivity contribution in [3.63, 3.8) is 0 Å². The second kappa shape index (κ2) is 5.31. The van der Waals surface area contributed by atoms with Crippen molar-refractivity contribution in [2.24, 2.45) is 0 Å². The van der Waals surface area contributed by atoms with E-state index in [1.807, 2.05) is 13.0 Å². The number of hydrogen-bond donors (Lipinski definition) is 2. The molecule has 0 aromatic carbocycles. The van der Waals surface area contributed by atoms with Gasteiger partial charge in [0, 0.05) is 12.1 Å². The summed E-state index contributed by atoms with van der Waals surface area (Å²) in [6.07, 6.45) is 6.51. The minimum absolute atomic E-state index is 0.0582. The Labute approximate surface area is 91.6 Å². The number of allylic oxidation sites excluding steroid dienone is 1. The summed E-state index contributed by atoms with van der Waals surface area (Å²) in [4.78, 5) is 11.5. The van der Waals surface area contributed by atoms with Crippen LogP contribution in [0.25, 0.3) is 0 Å². The summed E-state index contributed by atoms with van der Waals surface area (Å²) in [5, 5.41) is 12.8. The molecular weight excluding hydrogens is 190 g/mol. The second-order valence-electron chi connectivity index (χ2n) is 4.41. The van der Waals surface area contributed by atoms with E-state index in [1.54, 1.807) is 6.92 Å². The molecule has 0 aromatic rings. The molecule has 0 aliphatic heterocycles.